The van der Waals surface area contributed by atoms with Crippen LogP contribution >= 0.6 is 11.3 Å². The molecule has 1 saturated heterocycles. The molecule has 1 atom stereocenters. The van der Waals surface area contributed by atoms with Crippen molar-refractivity contribution in [2.45, 2.75) is 26.7 Å². The highest BCUT2D eigenvalue weighted by atomic mass is 32.1. The maximum absolute atomic E-state index is 13.2. The van der Waals surface area contributed by atoms with Crippen molar-refractivity contribution in [2.75, 3.05) is 19.7 Å². The summed E-state index contributed by atoms with van der Waals surface area (Å²) in [6.45, 7) is 4.92. The number of nitrogens with zero attached hydrogens (tertiary/aromatic N) is 4. The van der Waals surface area contributed by atoms with Gasteiger partial charge in [0.2, 0.25) is 0 Å². The van der Waals surface area contributed by atoms with Gasteiger partial charge in [0.05, 0.1) is 23.1 Å². The highest BCUT2D eigenvalue weighted by molar-refractivity contribution is 7.19. The molecule has 2 aromatic heterocycles. The maximum Gasteiger partial charge on any atom is 0.310 e. The van der Waals surface area contributed by atoms with Crippen molar-refractivity contribution in [1.29, 1.82) is 0 Å². The second-order valence-corrected chi connectivity index (χ2v) is 8.42. The van der Waals surface area contributed by atoms with Crippen LogP contribution < -0.4 is 0 Å². The van der Waals surface area contributed by atoms with E-state index in [1.165, 1.54) is 23.5 Å². The summed E-state index contributed by atoms with van der Waals surface area (Å²) < 4.78 is 6.95. The topological polar surface area (TPSA) is 107 Å². The number of fused-ring (bicyclic) bond motifs is 1. The number of rotatable bonds is 5. The molecule has 4 rings (SSSR count). The summed E-state index contributed by atoms with van der Waals surface area (Å²) in [7, 11) is 0. The lowest BCUT2D eigenvalue weighted by Gasteiger charge is -2.31. The predicted molar refractivity (Wildman–Crippen MR) is 115 cm³/mol. The van der Waals surface area contributed by atoms with Crippen LogP contribution in [0.25, 0.3) is 16.2 Å². The molecule has 0 radical (unpaired) electrons. The standard InChI is InChI=1S/C21H22N4O5S/c1-3-30-20(27)15-7-5-9-23(11-15)19(26)18-13(2)24-12-17(22-21(24)31-18)14-6-4-8-16(10-14)25(28)29/h4,6,8,10,12,15H,3,5,7,9,11H2,1-2H3/t15-/m1/s1. The van der Waals surface area contributed by atoms with Crippen LogP contribution in [0, 0.1) is 23.0 Å². The van der Waals surface area contributed by atoms with Gasteiger partial charge >= 0.3 is 5.97 Å². The average Bonchev–Trinajstić information content (AvgIpc) is 3.33. The Kier molecular flexibility index (Phi) is 5.73. The quantitative estimate of drug-likeness (QED) is 0.339. The van der Waals surface area contributed by atoms with Crippen molar-refractivity contribution < 1.29 is 19.2 Å². The summed E-state index contributed by atoms with van der Waals surface area (Å²) in [5, 5.41) is 11.0. The molecule has 1 aromatic carbocycles. The lowest BCUT2D eigenvalue weighted by molar-refractivity contribution is -0.384. The number of imidazole rings is 1. The van der Waals surface area contributed by atoms with Crippen molar-refractivity contribution in [1.82, 2.24) is 14.3 Å². The van der Waals surface area contributed by atoms with Gasteiger partial charge in [0.1, 0.15) is 4.88 Å². The van der Waals surface area contributed by atoms with Gasteiger partial charge < -0.3 is 9.64 Å². The van der Waals surface area contributed by atoms with Gasteiger partial charge in [-0.2, -0.15) is 0 Å². The second kappa shape index (κ2) is 8.46. The number of nitro benzene ring substituents is 1. The molecule has 0 bridgehead atoms. The van der Waals surface area contributed by atoms with Crippen LogP contribution in [0.1, 0.15) is 35.1 Å². The van der Waals surface area contributed by atoms with Crippen molar-refractivity contribution in [2.24, 2.45) is 5.92 Å². The number of carbonyl (C=O) groups excluding carboxylic acids is 2. The first-order chi connectivity index (χ1) is 14.9. The molecule has 1 amide bonds. The number of aromatic nitrogens is 2. The fourth-order valence-corrected chi connectivity index (χ4v) is 4.90. The SMILES string of the molecule is CCOC(=O)[C@@H]1CCCN(C(=O)c2sc3nc(-c4cccc([N+](=O)[O-])c4)cn3c2C)C1. The maximum atomic E-state index is 13.2. The Morgan fingerprint density at radius 2 is 2.19 bits per heavy atom. The normalized spacial score (nSPS) is 16.5. The van der Waals surface area contributed by atoms with Gasteiger partial charge in [0.15, 0.2) is 4.96 Å². The molecule has 1 aliphatic rings. The molecular weight excluding hydrogens is 420 g/mol. The van der Waals surface area contributed by atoms with E-state index in [9.17, 15) is 19.7 Å². The highest BCUT2D eigenvalue weighted by Gasteiger charge is 2.31. The molecule has 0 aliphatic carbocycles. The van der Waals surface area contributed by atoms with E-state index in [2.05, 4.69) is 4.98 Å². The Hall–Kier alpha value is -3.27. The van der Waals surface area contributed by atoms with E-state index in [0.29, 0.717) is 40.8 Å². The Balaban J connectivity index is 1.58. The van der Waals surface area contributed by atoms with Gasteiger partial charge in [-0.05, 0) is 26.7 Å². The fourth-order valence-electron chi connectivity index (χ4n) is 3.82. The third-order valence-electron chi connectivity index (χ3n) is 5.43. The molecule has 3 heterocycles. The molecule has 3 aromatic rings. The van der Waals surface area contributed by atoms with Crippen LogP contribution in [-0.4, -0.2) is 50.8 Å². The number of carbonyl (C=O) groups is 2. The van der Waals surface area contributed by atoms with Gasteiger partial charge in [-0.15, -0.1) is 0 Å². The van der Waals surface area contributed by atoms with Crippen LogP contribution in [0.15, 0.2) is 30.5 Å². The number of nitro groups is 1. The zero-order valence-electron chi connectivity index (χ0n) is 17.2. The Morgan fingerprint density at radius 3 is 2.90 bits per heavy atom. The van der Waals surface area contributed by atoms with E-state index >= 15 is 0 Å². The smallest absolute Gasteiger partial charge is 0.310 e. The first-order valence-electron chi connectivity index (χ1n) is 10.1. The van der Waals surface area contributed by atoms with E-state index in [-0.39, 0.29) is 23.5 Å². The largest absolute Gasteiger partial charge is 0.466 e. The molecule has 162 valence electrons. The highest BCUT2D eigenvalue weighted by Crippen LogP contribution is 2.30. The first kappa shape index (κ1) is 21.0. The minimum Gasteiger partial charge on any atom is -0.466 e. The number of non-ortho nitro benzene ring substituents is 1. The zero-order valence-corrected chi connectivity index (χ0v) is 18.1. The number of ether oxygens (including phenoxy) is 1. The third kappa shape index (κ3) is 4.02. The number of aryl methyl sites for hydroxylation is 1. The van der Waals surface area contributed by atoms with E-state index in [4.69, 9.17) is 4.74 Å². The minimum absolute atomic E-state index is 0.00250. The summed E-state index contributed by atoms with van der Waals surface area (Å²) in [5.41, 5.74) is 2.01. The number of hydrogen-bond donors (Lipinski definition) is 0. The zero-order chi connectivity index (χ0) is 22.1. The third-order valence-corrected chi connectivity index (χ3v) is 6.58. The molecule has 1 fully saturated rings. The lowest BCUT2D eigenvalue weighted by atomic mass is 9.98. The minimum atomic E-state index is -0.438. The summed E-state index contributed by atoms with van der Waals surface area (Å²) in [6, 6.07) is 6.31. The van der Waals surface area contributed by atoms with Gasteiger partial charge in [0.25, 0.3) is 11.6 Å². The van der Waals surface area contributed by atoms with Gasteiger partial charge in [0, 0.05) is 42.7 Å². The molecular formula is C21H22N4O5S. The van der Waals surface area contributed by atoms with Gasteiger partial charge in [-0.25, -0.2) is 4.98 Å². The molecule has 0 N–H and O–H groups in total. The van der Waals surface area contributed by atoms with E-state index in [1.807, 2.05) is 11.3 Å². The first-order valence-corrected chi connectivity index (χ1v) is 10.9. The van der Waals surface area contributed by atoms with Crippen LogP contribution in [0.3, 0.4) is 0 Å². The van der Waals surface area contributed by atoms with Crippen molar-refractivity contribution in [3.8, 4) is 11.3 Å². The van der Waals surface area contributed by atoms with Crippen LogP contribution in [0.4, 0.5) is 5.69 Å². The monoisotopic (exact) mass is 442 g/mol. The number of likely N-dealkylation sites (tertiary alicyclic amines) is 1. The molecule has 9 nitrogen and oxygen atoms in total. The molecule has 0 spiro atoms. The predicted octanol–water partition coefficient (Wildman–Crippen LogP) is 3.69. The summed E-state index contributed by atoms with van der Waals surface area (Å²) >= 11 is 1.28. The molecule has 1 aliphatic heterocycles. The van der Waals surface area contributed by atoms with E-state index < -0.39 is 4.92 Å². The van der Waals surface area contributed by atoms with E-state index in [0.717, 1.165) is 18.5 Å². The van der Waals surface area contributed by atoms with Crippen LogP contribution in [-0.2, 0) is 9.53 Å². The molecule has 31 heavy (non-hydrogen) atoms. The van der Waals surface area contributed by atoms with Crippen molar-refractivity contribution in [3.05, 3.63) is 51.1 Å². The Bertz CT molecular complexity index is 1170. The van der Waals surface area contributed by atoms with Crippen LogP contribution in [0.5, 0.6) is 0 Å². The summed E-state index contributed by atoms with van der Waals surface area (Å²) in [6.07, 6.45) is 3.27. The summed E-state index contributed by atoms with van der Waals surface area (Å²) in [5.74, 6) is -0.652. The van der Waals surface area contributed by atoms with Gasteiger partial charge in [-0.1, -0.05) is 23.5 Å². The van der Waals surface area contributed by atoms with Crippen molar-refractivity contribution >= 4 is 33.9 Å². The second-order valence-electron chi connectivity index (χ2n) is 7.45. The number of benzene rings is 1. The average molecular weight is 442 g/mol. The molecule has 10 heteroatoms. The Morgan fingerprint density at radius 1 is 1.39 bits per heavy atom. The number of hydrogen-bond acceptors (Lipinski definition) is 7. The number of esters is 1. The van der Waals surface area contributed by atoms with Gasteiger partial charge in [-0.3, -0.25) is 24.1 Å². The van der Waals surface area contributed by atoms with E-state index in [1.54, 1.807) is 30.2 Å². The molecule has 0 saturated carbocycles. The summed E-state index contributed by atoms with van der Waals surface area (Å²) in [4.78, 5) is 43.4. The number of piperidine rings is 1. The number of amides is 1. The Labute approximate surface area is 182 Å². The molecule has 0 unspecified atom stereocenters. The van der Waals surface area contributed by atoms with Crippen LogP contribution in [0.2, 0.25) is 0 Å². The lowest BCUT2D eigenvalue weighted by Crippen LogP contribution is -2.42. The van der Waals surface area contributed by atoms with Crippen molar-refractivity contribution in [3.63, 3.8) is 0 Å². The number of thiazole rings is 1. The fraction of sp³-hybridized carbons (Fsp3) is 0.381.